The minimum Gasteiger partial charge on any atom is -0.755 e. The number of benzene rings is 2. The van der Waals surface area contributed by atoms with Gasteiger partial charge in [-0.15, -0.1) is 0 Å². The van der Waals surface area contributed by atoms with Gasteiger partial charge in [-0.2, -0.15) is 0 Å². The van der Waals surface area contributed by atoms with Crippen LogP contribution in [0, 0.1) is 0 Å². The Morgan fingerprint density at radius 1 is 1.12 bits per heavy atom. The summed E-state index contributed by atoms with van der Waals surface area (Å²) in [5.74, 6) is 0. The van der Waals surface area contributed by atoms with Crippen LogP contribution < -0.4 is 4.31 Å². The summed E-state index contributed by atoms with van der Waals surface area (Å²) in [6, 6.07) is 13.8. The van der Waals surface area contributed by atoms with E-state index in [0.29, 0.717) is 0 Å². The van der Waals surface area contributed by atoms with Gasteiger partial charge in [-0.05, 0) is 24.3 Å². The van der Waals surface area contributed by atoms with Gasteiger partial charge in [0, 0.05) is 22.7 Å². The molecule has 1 unspecified atom stereocenters. The molecule has 3 rings (SSSR count). The Morgan fingerprint density at radius 3 is 2.53 bits per heavy atom. The fraction of sp³-hybridized carbons (Fsp3) is 0.231. The van der Waals surface area contributed by atoms with E-state index in [1.165, 1.54) is 4.31 Å². The molecule has 0 amide bonds. The van der Waals surface area contributed by atoms with Crippen molar-refractivity contribution in [3.63, 3.8) is 0 Å². The maximum Gasteiger partial charge on any atom is 0.0564 e. The zero-order valence-electron chi connectivity index (χ0n) is 9.20. The van der Waals surface area contributed by atoms with Crippen molar-refractivity contribution in [2.45, 2.75) is 18.9 Å². The van der Waals surface area contributed by atoms with E-state index in [-0.39, 0.29) is 6.04 Å². The minimum absolute atomic E-state index is 0.152. The Labute approximate surface area is 102 Å². The smallest absolute Gasteiger partial charge is 0.0564 e. The summed E-state index contributed by atoms with van der Waals surface area (Å²) in [4.78, 5) is 0. The molecule has 17 heavy (non-hydrogen) atoms. The van der Waals surface area contributed by atoms with E-state index in [1.807, 2.05) is 42.5 Å². The summed E-state index contributed by atoms with van der Waals surface area (Å²) < 4.78 is 24.2. The van der Waals surface area contributed by atoms with Crippen molar-refractivity contribution < 1.29 is 8.76 Å². The van der Waals surface area contributed by atoms with Crippen LogP contribution in [0.25, 0.3) is 10.8 Å². The maximum atomic E-state index is 11.4. The average Bonchev–Trinajstić information content (AvgIpc) is 3.14. The van der Waals surface area contributed by atoms with Gasteiger partial charge >= 0.3 is 0 Å². The van der Waals surface area contributed by atoms with E-state index >= 15 is 0 Å². The zero-order chi connectivity index (χ0) is 11.8. The van der Waals surface area contributed by atoms with Crippen LogP contribution in [0.4, 0.5) is 5.69 Å². The van der Waals surface area contributed by atoms with Crippen LogP contribution >= 0.6 is 0 Å². The van der Waals surface area contributed by atoms with Crippen molar-refractivity contribution in [3.05, 3.63) is 42.5 Å². The van der Waals surface area contributed by atoms with Crippen LogP contribution in [-0.4, -0.2) is 14.8 Å². The van der Waals surface area contributed by atoms with E-state index in [0.717, 1.165) is 29.3 Å². The Hall–Kier alpha value is -1.39. The SMILES string of the molecule is O=S([O-])N(c1cccc2ccccc12)C1CC1. The van der Waals surface area contributed by atoms with Gasteiger partial charge in [-0.25, -0.2) is 0 Å². The molecule has 1 aliphatic rings. The highest BCUT2D eigenvalue weighted by Crippen LogP contribution is 2.36. The molecule has 1 aliphatic carbocycles. The lowest BCUT2D eigenvalue weighted by molar-refractivity contribution is 0.531. The van der Waals surface area contributed by atoms with Gasteiger partial charge in [0.05, 0.1) is 5.69 Å². The molecular formula is C13H12NO2S-. The van der Waals surface area contributed by atoms with Crippen molar-refractivity contribution in [3.8, 4) is 0 Å². The summed E-state index contributed by atoms with van der Waals surface area (Å²) in [6.07, 6.45) is 1.91. The Balaban J connectivity index is 2.18. The summed E-state index contributed by atoms with van der Waals surface area (Å²) in [5.41, 5.74) is 0.791. The average molecular weight is 246 g/mol. The van der Waals surface area contributed by atoms with Crippen LogP contribution in [0.1, 0.15) is 12.8 Å². The fourth-order valence-corrected chi connectivity index (χ4v) is 2.88. The molecular weight excluding hydrogens is 234 g/mol. The molecule has 4 heteroatoms. The third kappa shape index (κ3) is 1.94. The maximum absolute atomic E-state index is 11.4. The van der Waals surface area contributed by atoms with Gasteiger partial charge in [-0.1, -0.05) is 36.4 Å². The number of rotatable bonds is 3. The zero-order valence-corrected chi connectivity index (χ0v) is 10.0. The molecule has 1 atom stereocenters. The first kappa shape index (κ1) is 10.7. The lowest BCUT2D eigenvalue weighted by Gasteiger charge is -2.27. The van der Waals surface area contributed by atoms with Crippen molar-refractivity contribution in [1.29, 1.82) is 0 Å². The molecule has 0 saturated heterocycles. The quantitative estimate of drug-likeness (QED) is 0.781. The highest BCUT2D eigenvalue weighted by Gasteiger charge is 2.30. The number of anilines is 1. The van der Waals surface area contributed by atoms with E-state index in [4.69, 9.17) is 0 Å². The van der Waals surface area contributed by atoms with Crippen LogP contribution in [-0.2, 0) is 11.3 Å². The van der Waals surface area contributed by atoms with Gasteiger partial charge in [0.1, 0.15) is 0 Å². The summed E-state index contributed by atoms with van der Waals surface area (Å²) in [5, 5.41) is 2.06. The highest BCUT2D eigenvalue weighted by atomic mass is 32.2. The van der Waals surface area contributed by atoms with Crippen molar-refractivity contribution >= 4 is 27.7 Å². The topological polar surface area (TPSA) is 43.4 Å². The Morgan fingerprint density at radius 2 is 1.82 bits per heavy atom. The van der Waals surface area contributed by atoms with Crippen LogP contribution in [0.5, 0.6) is 0 Å². The lowest BCUT2D eigenvalue weighted by Crippen LogP contribution is -2.27. The molecule has 1 fully saturated rings. The van der Waals surface area contributed by atoms with Gasteiger partial charge in [-0.3, -0.25) is 8.51 Å². The first-order valence-electron chi connectivity index (χ1n) is 5.64. The van der Waals surface area contributed by atoms with Crippen LogP contribution in [0.2, 0.25) is 0 Å². The van der Waals surface area contributed by atoms with Crippen LogP contribution in [0.15, 0.2) is 42.5 Å². The molecule has 2 aromatic rings. The highest BCUT2D eigenvalue weighted by molar-refractivity contribution is 7.80. The molecule has 2 aromatic carbocycles. The summed E-state index contributed by atoms with van der Waals surface area (Å²) >= 11 is -2.19. The number of hydrogen-bond acceptors (Lipinski definition) is 2. The summed E-state index contributed by atoms with van der Waals surface area (Å²) in [6.45, 7) is 0. The molecule has 0 N–H and O–H groups in total. The number of nitrogens with zero attached hydrogens (tertiary/aromatic N) is 1. The molecule has 0 spiro atoms. The molecule has 0 radical (unpaired) electrons. The molecule has 0 aliphatic heterocycles. The first-order valence-corrected chi connectivity index (χ1v) is 6.67. The predicted molar refractivity (Wildman–Crippen MR) is 68.4 cm³/mol. The monoisotopic (exact) mass is 246 g/mol. The van der Waals surface area contributed by atoms with Crippen molar-refractivity contribution in [2.75, 3.05) is 4.31 Å². The minimum atomic E-state index is -2.19. The number of hydrogen-bond donors (Lipinski definition) is 0. The third-order valence-electron chi connectivity index (χ3n) is 3.04. The van der Waals surface area contributed by atoms with Gasteiger partial charge in [0.25, 0.3) is 0 Å². The van der Waals surface area contributed by atoms with Gasteiger partial charge in [0.2, 0.25) is 0 Å². The van der Waals surface area contributed by atoms with Gasteiger partial charge < -0.3 is 4.55 Å². The van der Waals surface area contributed by atoms with Crippen LogP contribution in [0.3, 0.4) is 0 Å². The molecule has 1 saturated carbocycles. The molecule has 88 valence electrons. The third-order valence-corrected chi connectivity index (χ3v) is 3.86. The van der Waals surface area contributed by atoms with E-state index in [2.05, 4.69) is 0 Å². The predicted octanol–water partition coefficient (Wildman–Crippen LogP) is 2.60. The Kier molecular flexibility index (Phi) is 2.61. The molecule has 3 nitrogen and oxygen atoms in total. The Bertz CT molecular complexity index is 575. The van der Waals surface area contributed by atoms with E-state index in [1.54, 1.807) is 0 Å². The first-order chi connectivity index (χ1) is 8.27. The van der Waals surface area contributed by atoms with E-state index in [9.17, 15) is 8.76 Å². The van der Waals surface area contributed by atoms with Crippen molar-refractivity contribution in [2.24, 2.45) is 0 Å². The molecule has 0 bridgehead atoms. The summed E-state index contributed by atoms with van der Waals surface area (Å²) in [7, 11) is 0. The second-order valence-corrected chi connectivity index (χ2v) is 5.10. The largest absolute Gasteiger partial charge is 0.755 e. The fourth-order valence-electron chi connectivity index (χ4n) is 2.11. The second-order valence-electron chi connectivity index (χ2n) is 4.27. The lowest BCUT2D eigenvalue weighted by atomic mass is 10.1. The molecule has 0 heterocycles. The normalized spacial score (nSPS) is 17.0. The second kappa shape index (κ2) is 4.13. The standard InChI is InChI=1S/C13H13NO2S/c15-17(16)14(11-8-9-11)13-7-3-5-10-4-1-2-6-12(10)13/h1-7,11H,8-9H2,(H,15,16)/p-1. The van der Waals surface area contributed by atoms with Crippen molar-refractivity contribution in [1.82, 2.24) is 0 Å². The van der Waals surface area contributed by atoms with E-state index < -0.39 is 11.3 Å². The number of fused-ring (bicyclic) bond motifs is 1. The van der Waals surface area contributed by atoms with Gasteiger partial charge in [0.15, 0.2) is 0 Å². The molecule has 0 aromatic heterocycles.